The standard InChI is InChI=1S/C33H31NO4/c1-33(2,3)23-11-16-28-27(19-23)25-14-10-22(20-36)30-26(15-17-29(38-28)31(25)30)32(37)34(4)24-12-8-21(9-13-24)7-5-6-18-35/h8-20H,5-7H2,1-4H3. The van der Waals surface area contributed by atoms with Gasteiger partial charge in [-0.2, -0.15) is 0 Å². The fourth-order valence-electron chi connectivity index (χ4n) is 5.06. The summed E-state index contributed by atoms with van der Waals surface area (Å²) in [5.74, 6) is 1.18. The number of amides is 1. The molecule has 0 aromatic heterocycles. The number of rotatable bonds is 7. The second kappa shape index (κ2) is 9.90. The van der Waals surface area contributed by atoms with E-state index in [1.807, 2.05) is 42.5 Å². The highest BCUT2D eigenvalue weighted by atomic mass is 16.5. The summed E-state index contributed by atoms with van der Waals surface area (Å²) in [5, 5.41) is 1.38. The molecule has 0 bridgehead atoms. The monoisotopic (exact) mass is 505 g/mol. The van der Waals surface area contributed by atoms with E-state index in [1.54, 1.807) is 24.1 Å². The van der Waals surface area contributed by atoms with Gasteiger partial charge in [-0.1, -0.05) is 51.1 Å². The largest absolute Gasteiger partial charge is 0.456 e. The van der Waals surface area contributed by atoms with E-state index in [-0.39, 0.29) is 11.3 Å². The molecular formula is C33H31NO4. The number of aryl methyl sites for hydroxylation is 1. The Hall–Kier alpha value is -4.25. The lowest BCUT2D eigenvalue weighted by Crippen LogP contribution is -2.26. The Morgan fingerprint density at radius 1 is 0.868 bits per heavy atom. The van der Waals surface area contributed by atoms with Crippen molar-refractivity contribution >= 4 is 34.9 Å². The molecule has 0 atom stereocenters. The third-order valence-electron chi connectivity index (χ3n) is 7.28. The van der Waals surface area contributed by atoms with Crippen molar-refractivity contribution in [2.24, 2.45) is 0 Å². The smallest absolute Gasteiger partial charge is 0.258 e. The van der Waals surface area contributed by atoms with Gasteiger partial charge in [0, 0.05) is 46.6 Å². The minimum absolute atomic E-state index is 0.0400. The SMILES string of the molecule is CN(C(=O)c1ccc2c3c(ccc(C=O)c13)-c1cc(C(C)(C)C)ccc1O2)c1ccc(CCCC=O)cc1. The Labute approximate surface area is 223 Å². The first-order valence-electron chi connectivity index (χ1n) is 12.9. The van der Waals surface area contributed by atoms with Gasteiger partial charge in [0.05, 0.1) is 0 Å². The highest BCUT2D eigenvalue weighted by Crippen LogP contribution is 2.49. The number of aldehydes is 2. The molecular weight excluding hydrogens is 474 g/mol. The van der Waals surface area contributed by atoms with E-state index in [9.17, 15) is 14.4 Å². The van der Waals surface area contributed by atoms with Crippen molar-refractivity contribution in [1.29, 1.82) is 0 Å². The highest BCUT2D eigenvalue weighted by molar-refractivity contribution is 6.21. The number of unbranched alkanes of at least 4 members (excludes halogenated alkanes) is 1. The van der Waals surface area contributed by atoms with Crippen LogP contribution < -0.4 is 9.64 Å². The van der Waals surface area contributed by atoms with Crippen LogP contribution in [-0.4, -0.2) is 25.5 Å². The molecule has 0 saturated carbocycles. The lowest BCUT2D eigenvalue weighted by molar-refractivity contribution is -0.107. The van der Waals surface area contributed by atoms with Gasteiger partial charge in [-0.25, -0.2) is 0 Å². The molecule has 5 rings (SSSR count). The lowest BCUT2D eigenvalue weighted by Gasteiger charge is -2.27. The summed E-state index contributed by atoms with van der Waals surface area (Å²) in [6.45, 7) is 6.51. The summed E-state index contributed by atoms with van der Waals surface area (Å²) >= 11 is 0. The maximum atomic E-state index is 13.8. The number of ether oxygens (including phenoxy) is 1. The van der Waals surface area contributed by atoms with Crippen molar-refractivity contribution in [1.82, 2.24) is 0 Å². The van der Waals surface area contributed by atoms with Crippen molar-refractivity contribution in [3.05, 3.63) is 89.0 Å². The number of hydrogen-bond acceptors (Lipinski definition) is 4. The van der Waals surface area contributed by atoms with E-state index < -0.39 is 0 Å². The third-order valence-corrected chi connectivity index (χ3v) is 7.28. The van der Waals surface area contributed by atoms with E-state index in [0.29, 0.717) is 28.7 Å². The van der Waals surface area contributed by atoms with Crippen LogP contribution in [0.15, 0.2) is 66.7 Å². The van der Waals surface area contributed by atoms with Crippen LogP contribution in [0.4, 0.5) is 5.69 Å². The zero-order valence-corrected chi connectivity index (χ0v) is 22.2. The Kier molecular flexibility index (Phi) is 6.62. The summed E-state index contributed by atoms with van der Waals surface area (Å²) in [6, 6.07) is 21.3. The lowest BCUT2D eigenvalue weighted by atomic mass is 9.83. The van der Waals surface area contributed by atoms with Crippen molar-refractivity contribution in [3.8, 4) is 22.6 Å². The number of hydrogen-bond donors (Lipinski definition) is 0. The number of fused-ring (bicyclic) bond motifs is 2. The first kappa shape index (κ1) is 25.4. The molecule has 38 heavy (non-hydrogen) atoms. The topological polar surface area (TPSA) is 63.7 Å². The van der Waals surface area contributed by atoms with E-state index in [4.69, 9.17) is 4.74 Å². The third kappa shape index (κ3) is 4.49. The van der Waals surface area contributed by atoms with Gasteiger partial charge in [-0.3, -0.25) is 9.59 Å². The molecule has 4 aromatic rings. The van der Waals surface area contributed by atoms with Crippen LogP contribution in [0, 0.1) is 0 Å². The predicted molar refractivity (Wildman–Crippen MR) is 152 cm³/mol. The van der Waals surface area contributed by atoms with Crippen LogP contribution in [-0.2, 0) is 16.6 Å². The molecule has 0 saturated heterocycles. The number of carbonyl (C=O) groups is 3. The minimum Gasteiger partial charge on any atom is -0.456 e. The highest BCUT2D eigenvalue weighted by Gasteiger charge is 2.27. The molecule has 0 N–H and O–H groups in total. The van der Waals surface area contributed by atoms with Crippen molar-refractivity contribution in [2.45, 2.75) is 45.4 Å². The second-order valence-corrected chi connectivity index (χ2v) is 10.8. The van der Waals surface area contributed by atoms with Crippen LogP contribution in [0.3, 0.4) is 0 Å². The number of nitrogens with zero attached hydrogens (tertiary/aromatic N) is 1. The summed E-state index contributed by atoms with van der Waals surface area (Å²) in [5.41, 5.74) is 5.81. The Morgan fingerprint density at radius 2 is 1.61 bits per heavy atom. The fraction of sp³-hybridized carbons (Fsp3) is 0.242. The van der Waals surface area contributed by atoms with Gasteiger partial charge < -0.3 is 14.4 Å². The van der Waals surface area contributed by atoms with Gasteiger partial charge in [-0.05, 0) is 71.3 Å². The molecule has 1 aliphatic rings. The maximum absolute atomic E-state index is 13.8. The van der Waals surface area contributed by atoms with Gasteiger partial charge in [0.25, 0.3) is 5.91 Å². The predicted octanol–water partition coefficient (Wildman–Crippen LogP) is 7.52. The first-order chi connectivity index (χ1) is 18.2. The Balaban J connectivity index is 1.59. The molecule has 1 aliphatic heterocycles. The number of benzene rings is 4. The van der Waals surface area contributed by atoms with E-state index >= 15 is 0 Å². The van der Waals surface area contributed by atoms with Gasteiger partial charge in [-0.15, -0.1) is 0 Å². The molecule has 192 valence electrons. The molecule has 1 amide bonds. The summed E-state index contributed by atoms with van der Waals surface area (Å²) in [4.78, 5) is 38.2. The molecule has 0 radical (unpaired) electrons. The number of carbonyl (C=O) groups excluding carboxylic acids is 3. The van der Waals surface area contributed by atoms with Crippen molar-refractivity contribution in [2.75, 3.05) is 11.9 Å². The van der Waals surface area contributed by atoms with Crippen LogP contribution in [0.25, 0.3) is 21.9 Å². The van der Waals surface area contributed by atoms with Gasteiger partial charge in [0.1, 0.15) is 17.8 Å². The second-order valence-electron chi connectivity index (χ2n) is 10.8. The molecule has 0 unspecified atom stereocenters. The van der Waals surface area contributed by atoms with Gasteiger partial charge in [0.2, 0.25) is 0 Å². The Bertz CT molecular complexity index is 1560. The maximum Gasteiger partial charge on any atom is 0.258 e. The van der Waals surface area contributed by atoms with Crippen molar-refractivity contribution in [3.63, 3.8) is 0 Å². The quantitative estimate of drug-likeness (QED) is 0.169. The first-order valence-corrected chi connectivity index (χ1v) is 12.9. The molecule has 5 nitrogen and oxygen atoms in total. The minimum atomic E-state index is -0.209. The van der Waals surface area contributed by atoms with Crippen molar-refractivity contribution < 1.29 is 19.1 Å². The average molecular weight is 506 g/mol. The normalized spacial score (nSPS) is 12.0. The molecule has 1 heterocycles. The summed E-state index contributed by atoms with van der Waals surface area (Å²) in [7, 11) is 1.74. The number of anilines is 1. The van der Waals surface area contributed by atoms with Crippen LogP contribution in [0.1, 0.15) is 65.5 Å². The van der Waals surface area contributed by atoms with E-state index in [0.717, 1.165) is 58.9 Å². The fourth-order valence-corrected chi connectivity index (χ4v) is 5.06. The Morgan fingerprint density at radius 3 is 2.29 bits per heavy atom. The van der Waals surface area contributed by atoms with Crippen LogP contribution >= 0.6 is 0 Å². The van der Waals surface area contributed by atoms with E-state index in [2.05, 4.69) is 32.9 Å². The summed E-state index contributed by atoms with van der Waals surface area (Å²) < 4.78 is 6.29. The molecule has 0 fully saturated rings. The molecule has 0 aliphatic carbocycles. The van der Waals surface area contributed by atoms with Gasteiger partial charge in [0.15, 0.2) is 6.29 Å². The van der Waals surface area contributed by atoms with E-state index in [1.165, 1.54) is 5.56 Å². The van der Waals surface area contributed by atoms with Crippen LogP contribution in [0.5, 0.6) is 11.5 Å². The van der Waals surface area contributed by atoms with Crippen LogP contribution in [0.2, 0.25) is 0 Å². The molecule has 4 aromatic carbocycles. The average Bonchev–Trinajstić information content (AvgIpc) is 2.92. The zero-order chi connectivity index (χ0) is 27.0. The van der Waals surface area contributed by atoms with Gasteiger partial charge >= 0.3 is 0 Å². The summed E-state index contributed by atoms with van der Waals surface area (Å²) in [6.07, 6.45) is 3.88. The zero-order valence-electron chi connectivity index (χ0n) is 22.2. The molecule has 5 heteroatoms. The molecule has 0 spiro atoms.